The molecule has 76 heavy (non-hydrogen) atoms. The smallest absolute Gasteiger partial charge is 0.306 e. The summed E-state index contributed by atoms with van der Waals surface area (Å²) in [5.41, 5.74) is 0. The minimum atomic E-state index is -1.64. The van der Waals surface area contributed by atoms with Crippen LogP contribution >= 0.6 is 0 Å². The molecular weight excluding hydrogens is 955 g/mol. The van der Waals surface area contributed by atoms with E-state index in [-0.39, 0.29) is 19.4 Å². The fourth-order valence-corrected chi connectivity index (χ4v) is 9.03. The first-order valence-corrected chi connectivity index (χ1v) is 30.6. The molecule has 8 unspecified atom stereocenters. The second-order valence-electron chi connectivity index (χ2n) is 20.9. The summed E-state index contributed by atoms with van der Waals surface area (Å²) in [6.45, 7) is 5.61. The lowest BCUT2D eigenvalue weighted by atomic mass is 9.99. The largest absolute Gasteiger partial charge is 0.454 e. The minimum absolute atomic E-state index is 0.0675. The number of aliphatic hydroxyl groups is 5. The molecule has 0 aromatic carbocycles. The fourth-order valence-electron chi connectivity index (χ4n) is 9.03. The van der Waals surface area contributed by atoms with Gasteiger partial charge < -0.3 is 45.1 Å². The van der Waals surface area contributed by atoms with Gasteiger partial charge in [0.2, 0.25) is 5.91 Å². The molecular formula is C65H111NO10. The number of aliphatic hydroxyl groups excluding tert-OH is 5. The van der Waals surface area contributed by atoms with Gasteiger partial charge in [0.15, 0.2) is 12.4 Å². The lowest BCUT2D eigenvalue weighted by molar-refractivity contribution is -0.305. The molecule has 0 spiro atoms. The van der Waals surface area contributed by atoms with Crippen molar-refractivity contribution in [3.05, 3.63) is 97.2 Å². The van der Waals surface area contributed by atoms with Gasteiger partial charge in [0.1, 0.15) is 24.4 Å². The predicted molar refractivity (Wildman–Crippen MR) is 315 cm³/mol. The first-order valence-electron chi connectivity index (χ1n) is 30.6. The van der Waals surface area contributed by atoms with E-state index in [2.05, 4.69) is 50.4 Å². The van der Waals surface area contributed by atoms with Crippen molar-refractivity contribution in [1.29, 1.82) is 0 Å². The molecule has 1 rings (SSSR count). The van der Waals surface area contributed by atoms with Gasteiger partial charge in [-0.25, -0.2) is 0 Å². The fraction of sp³-hybridized carbons (Fsp3) is 0.723. The highest BCUT2D eigenvalue weighted by Crippen LogP contribution is 2.26. The third-order valence-corrected chi connectivity index (χ3v) is 13.9. The van der Waals surface area contributed by atoms with Gasteiger partial charge in [0.25, 0.3) is 0 Å². The van der Waals surface area contributed by atoms with Crippen LogP contribution in [0.1, 0.15) is 239 Å². The van der Waals surface area contributed by atoms with Crippen LogP contribution in [0.3, 0.4) is 0 Å². The van der Waals surface area contributed by atoms with Gasteiger partial charge in [-0.05, 0) is 70.6 Å². The first kappa shape index (κ1) is 70.6. The Morgan fingerprint density at radius 2 is 0.961 bits per heavy atom. The Morgan fingerprint density at radius 3 is 1.46 bits per heavy atom. The number of hydrogen-bond acceptors (Lipinski definition) is 10. The zero-order valence-corrected chi connectivity index (χ0v) is 48.1. The van der Waals surface area contributed by atoms with Gasteiger partial charge in [-0.15, -0.1) is 0 Å². The summed E-state index contributed by atoms with van der Waals surface area (Å²) >= 11 is 0. The van der Waals surface area contributed by atoms with Crippen molar-refractivity contribution in [2.24, 2.45) is 0 Å². The molecule has 0 aromatic rings. The second kappa shape index (κ2) is 52.3. The van der Waals surface area contributed by atoms with Crippen LogP contribution in [0.4, 0.5) is 0 Å². The number of nitrogens with one attached hydrogen (secondary N) is 1. The molecule has 0 aromatic heterocycles. The molecule has 0 radical (unpaired) electrons. The molecule has 11 nitrogen and oxygen atoms in total. The summed E-state index contributed by atoms with van der Waals surface area (Å²) in [7, 11) is 0. The zero-order valence-electron chi connectivity index (χ0n) is 48.1. The van der Waals surface area contributed by atoms with Crippen molar-refractivity contribution >= 4 is 11.9 Å². The topological polar surface area (TPSA) is 175 Å². The standard InChI is InChI=1S/C65H111NO10/c1-4-7-10-13-16-19-22-25-27-29-31-32-34-37-40-43-46-49-52-58(69)64(73)66-56(57(68)51-48-45-42-39-36-24-21-18-15-12-9-6-3)55-74-65-63(62(72)61(71)59(54-67)75-65)76-60(70)53-50-47-44-41-38-35-33-30-28-26-23-20-17-14-11-8-5-2/h8,11,14,17,20,23,25-28,30,33,35,38,48,51,56-59,61-63,65,67-69,71-72H,4-7,9-10,12-13,15-16,18-19,21-22,24,29,31-32,34,36-37,39-47,49-50,52-55H2,1-3H3,(H,66,73)/b11-8-,17-14+,23-20+,27-25+,28-26-,33-30+,38-35+,51-48+. The van der Waals surface area contributed by atoms with Crippen LogP contribution in [0.2, 0.25) is 0 Å². The number of rotatable bonds is 50. The van der Waals surface area contributed by atoms with Gasteiger partial charge in [-0.1, -0.05) is 259 Å². The molecule has 1 heterocycles. The summed E-state index contributed by atoms with van der Waals surface area (Å²) in [6.07, 6.45) is 58.7. The summed E-state index contributed by atoms with van der Waals surface area (Å²) in [4.78, 5) is 26.5. The van der Waals surface area contributed by atoms with Crippen LogP contribution in [0.5, 0.6) is 0 Å². The minimum Gasteiger partial charge on any atom is -0.454 e. The summed E-state index contributed by atoms with van der Waals surface area (Å²) in [5, 5.41) is 56.9. The van der Waals surface area contributed by atoms with Crippen LogP contribution in [-0.4, -0.2) is 99.6 Å². The van der Waals surface area contributed by atoms with Gasteiger partial charge >= 0.3 is 5.97 Å². The molecule has 1 saturated heterocycles. The normalized spacial score (nSPS) is 19.8. The number of ether oxygens (including phenoxy) is 3. The van der Waals surface area contributed by atoms with E-state index in [0.717, 1.165) is 77.0 Å². The van der Waals surface area contributed by atoms with Gasteiger partial charge in [0, 0.05) is 6.42 Å². The Morgan fingerprint density at radius 1 is 0.526 bits per heavy atom. The van der Waals surface area contributed by atoms with Crippen LogP contribution < -0.4 is 5.32 Å². The van der Waals surface area contributed by atoms with Crippen molar-refractivity contribution in [1.82, 2.24) is 5.32 Å². The number of amides is 1. The van der Waals surface area contributed by atoms with Crippen molar-refractivity contribution in [2.75, 3.05) is 13.2 Å². The maximum atomic E-state index is 13.4. The zero-order chi connectivity index (χ0) is 55.4. The Labute approximate surface area is 463 Å². The van der Waals surface area contributed by atoms with E-state index in [0.29, 0.717) is 12.8 Å². The van der Waals surface area contributed by atoms with Crippen molar-refractivity contribution in [2.45, 2.75) is 288 Å². The van der Waals surface area contributed by atoms with Gasteiger partial charge in [0.05, 0.1) is 25.4 Å². The summed E-state index contributed by atoms with van der Waals surface area (Å²) < 4.78 is 17.6. The van der Waals surface area contributed by atoms with Gasteiger partial charge in [-0.3, -0.25) is 9.59 Å². The van der Waals surface area contributed by atoms with Crippen molar-refractivity contribution < 1.29 is 49.3 Å². The van der Waals surface area contributed by atoms with Crippen LogP contribution in [0.25, 0.3) is 0 Å². The molecule has 8 atom stereocenters. The lowest BCUT2D eigenvalue weighted by Crippen LogP contribution is -2.61. The monoisotopic (exact) mass is 1070 g/mol. The number of hydrogen-bond donors (Lipinski definition) is 6. The van der Waals surface area contributed by atoms with Crippen LogP contribution in [-0.2, 0) is 23.8 Å². The Hall–Kier alpha value is -3.42. The third-order valence-electron chi connectivity index (χ3n) is 13.9. The average Bonchev–Trinajstić information content (AvgIpc) is 3.42. The summed E-state index contributed by atoms with van der Waals surface area (Å²) in [5.74, 6) is -1.25. The summed E-state index contributed by atoms with van der Waals surface area (Å²) in [6, 6.07) is -1.04. The molecule has 11 heteroatoms. The Kier molecular flexibility index (Phi) is 48.6. The number of carbonyl (C=O) groups is 2. The SMILES string of the molecule is CC\C=C/C=C/C=C/C=C\C=C\C=C\CCCCCC(=O)OC1C(OCC(NC(=O)C(O)CCCCCCCCCC/C=C/CCCCCCCC)C(O)/C=C/CCCCCCCCCCCC)OC(CO)C(O)C1O. The average molecular weight is 1070 g/mol. The van der Waals surface area contributed by atoms with E-state index in [1.807, 2.05) is 66.8 Å². The number of carbonyl (C=O) groups excluding carboxylic acids is 2. The van der Waals surface area contributed by atoms with Crippen molar-refractivity contribution in [3.63, 3.8) is 0 Å². The van der Waals surface area contributed by atoms with E-state index in [1.54, 1.807) is 6.08 Å². The molecule has 436 valence electrons. The molecule has 0 aliphatic carbocycles. The highest BCUT2D eigenvalue weighted by atomic mass is 16.7. The lowest BCUT2D eigenvalue weighted by Gasteiger charge is -2.41. The molecule has 1 aliphatic heterocycles. The Bertz CT molecular complexity index is 1600. The predicted octanol–water partition coefficient (Wildman–Crippen LogP) is 14.3. The highest BCUT2D eigenvalue weighted by molar-refractivity contribution is 5.80. The number of esters is 1. The number of allylic oxidation sites excluding steroid dienone is 15. The van der Waals surface area contributed by atoms with Crippen molar-refractivity contribution in [3.8, 4) is 0 Å². The molecule has 1 fully saturated rings. The maximum absolute atomic E-state index is 13.4. The van der Waals surface area contributed by atoms with E-state index >= 15 is 0 Å². The number of unbranched alkanes of at least 4 members (excludes halogenated alkanes) is 27. The quantitative estimate of drug-likeness (QED) is 0.0149. The molecule has 6 N–H and O–H groups in total. The van der Waals surface area contributed by atoms with E-state index in [1.165, 1.54) is 116 Å². The third kappa shape index (κ3) is 39.9. The highest BCUT2D eigenvalue weighted by Gasteiger charge is 2.47. The van der Waals surface area contributed by atoms with E-state index in [9.17, 15) is 35.1 Å². The molecule has 0 bridgehead atoms. The first-order chi connectivity index (χ1) is 37.2. The molecule has 1 aliphatic rings. The van der Waals surface area contributed by atoms with E-state index < -0.39 is 67.4 Å². The molecule has 0 saturated carbocycles. The second-order valence-corrected chi connectivity index (χ2v) is 20.9. The maximum Gasteiger partial charge on any atom is 0.306 e. The Balaban J connectivity index is 2.73. The van der Waals surface area contributed by atoms with Crippen LogP contribution in [0.15, 0.2) is 97.2 Å². The van der Waals surface area contributed by atoms with Crippen LogP contribution in [0, 0.1) is 0 Å². The molecule has 1 amide bonds. The van der Waals surface area contributed by atoms with Gasteiger partial charge in [-0.2, -0.15) is 0 Å². The van der Waals surface area contributed by atoms with E-state index in [4.69, 9.17) is 14.2 Å².